The van der Waals surface area contributed by atoms with Gasteiger partial charge in [0.05, 0.1) is 22.6 Å². The molecule has 148 valence electrons. The summed E-state index contributed by atoms with van der Waals surface area (Å²) in [5, 5.41) is 11.0. The van der Waals surface area contributed by atoms with Crippen LogP contribution in [0.4, 0.5) is 4.79 Å². The first-order valence-corrected chi connectivity index (χ1v) is 9.12. The fourth-order valence-electron chi connectivity index (χ4n) is 2.36. The predicted molar refractivity (Wildman–Crippen MR) is 105 cm³/mol. The molecule has 7 nitrogen and oxygen atoms in total. The molecule has 1 aromatic heterocycles. The molecule has 1 N–H and O–H groups in total. The highest BCUT2D eigenvalue weighted by molar-refractivity contribution is 6.56. The number of aryl methyl sites for hydroxylation is 1. The molecular formula is C19H30BN3O4. The third-order valence-corrected chi connectivity index (χ3v) is 4.54. The zero-order valence-electron chi connectivity index (χ0n) is 17.5. The first-order valence-electron chi connectivity index (χ1n) is 9.12. The lowest BCUT2D eigenvalue weighted by Gasteiger charge is -2.32. The quantitative estimate of drug-likeness (QED) is 0.813. The number of rotatable bonds is 4. The van der Waals surface area contributed by atoms with E-state index in [2.05, 4.69) is 15.5 Å². The molecule has 1 aliphatic rings. The second-order valence-corrected chi connectivity index (χ2v) is 8.76. The highest BCUT2D eigenvalue weighted by Gasteiger charge is 2.52. The molecule has 1 saturated heterocycles. The highest BCUT2D eigenvalue weighted by atomic mass is 16.7. The average molecular weight is 375 g/mol. The first kappa shape index (κ1) is 21.4. The van der Waals surface area contributed by atoms with E-state index in [1.165, 1.54) is 0 Å². The fraction of sp³-hybridized carbons (Fsp3) is 0.632. The molecule has 0 aromatic carbocycles. The van der Waals surface area contributed by atoms with Crippen LogP contribution in [0.25, 0.3) is 6.08 Å². The van der Waals surface area contributed by atoms with Gasteiger partial charge in [-0.15, -0.1) is 0 Å². The minimum atomic E-state index is -0.604. The molecule has 0 bridgehead atoms. The Hall–Kier alpha value is -1.93. The van der Waals surface area contributed by atoms with Crippen LogP contribution in [0.15, 0.2) is 17.6 Å². The van der Waals surface area contributed by atoms with Gasteiger partial charge in [-0.25, -0.2) is 4.79 Å². The number of nitrogens with zero attached hydrogens (tertiary/aromatic N) is 2. The second kappa shape index (κ2) is 7.60. The van der Waals surface area contributed by atoms with Crippen LogP contribution in [0.5, 0.6) is 0 Å². The largest absolute Gasteiger partial charge is 0.492 e. The van der Waals surface area contributed by atoms with Crippen molar-refractivity contribution in [2.24, 2.45) is 0 Å². The summed E-state index contributed by atoms with van der Waals surface area (Å²) < 4.78 is 17.6. The van der Waals surface area contributed by atoms with E-state index in [4.69, 9.17) is 14.0 Å². The maximum absolute atomic E-state index is 12.1. The molecule has 8 heteroatoms. The molecule has 1 aromatic rings. The van der Waals surface area contributed by atoms with Crippen molar-refractivity contribution in [2.45, 2.75) is 72.2 Å². The summed E-state index contributed by atoms with van der Waals surface area (Å²) >= 11 is 0. The number of carbonyl (C=O) groups is 1. The molecule has 1 amide bonds. The van der Waals surface area contributed by atoms with E-state index in [9.17, 15) is 4.79 Å². The lowest BCUT2D eigenvalue weighted by molar-refractivity contribution is 0.00578. The van der Waals surface area contributed by atoms with Gasteiger partial charge >= 0.3 is 13.2 Å². The second-order valence-electron chi connectivity index (χ2n) is 8.76. The molecule has 1 fully saturated rings. The normalized spacial score (nSPS) is 19.1. The van der Waals surface area contributed by atoms with Crippen LogP contribution in [-0.2, 0) is 14.0 Å². The van der Waals surface area contributed by atoms with Gasteiger partial charge in [-0.2, -0.15) is 10.2 Å². The zero-order chi connectivity index (χ0) is 20.5. The highest BCUT2D eigenvalue weighted by Crippen LogP contribution is 2.38. The molecule has 0 atom stereocenters. The number of hydrogen-bond donors (Lipinski definition) is 1. The van der Waals surface area contributed by atoms with Crippen molar-refractivity contribution >= 4 is 19.3 Å². The standard InChI is InChI=1S/C19H30BN3O4/c1-13-9-10-15(23-22-13)11-14(12-21-16(24)25-17(2,3)4)20-26-18(5,6)19(7,8)27-20/h9-11H,12H2,1-8H3,(H,21,24). The van der Waals surface area contributed by atoms with Crippen molar-refractivity contribution in [1.82, 2.24) is 15.5 Å². The van der Waals surface area contributed by atoms with Crippen LogP contribution in [0.1, 0.15) is 59.9 Å². The van der Waals surface area contributed by atoms with Crippen LogP contribution in [0.3, 0.4) is 0 Å². The van der Waals surface area contributed by atoms with E-state index in [0.717, 1.165) is 11.2 Å². The van der Waals surface area contributed by atoms with Crippen molar-refractivity contribution in [3.05, 3.63) is 29.0 Å². The van der Waals surface area contributed by atoms with Crippen molar-refractivity contribution in [3.8, 4) is 0 Å². The van der Waals surface area contributed by atoms with Gasteiger partial charge in [0.25, 0.3) is 0 Å². The monoisotopic (exact) mass is 375 g/mol. The summed E-state index contributed by atoms with van der Waals surface area (Å²) in [5.74, 6) is 0. The van der Waals surface area contributed by atoms with Gasteiger partial charge in [0.15, 0.2) is 0 Å². The molecule has 2 rings (SSSR count). The zero-order valence-corrected chi connectivity index (χ0v) is 17.5. The Morgan fingerprint density at radius 2 is 1.78 bits per heavy atom. The molecule has 0 aliphatic carbocycles. The third-order valence-electron chi connectivity index (χ3n) is 4.54. The van der Waals surface area contributed by atoms with Crippen LogP contribution < -0.4 is 5.32 Å². The molecule has 27 heavy (non-hydrogen) atoms. The van der Waals surface area contributed by atoms with E-state index in [0.29, 0.717) is 5.69 Å². The Balaban J connectivity index is 2.22. The van der Waals surface area contributed by atoms with Gasteiger partial charge in [0.1, 0.15) is 5.60 Å². The van der Waals surface area contributed by atoms with Gasteiger partial charge in [-0.05, 0) is 79.1 Å². The number of alkyl carbamates (subject to hydrolysis) is 1. The number of aromatic nitrogens is 2. The average Bonchev–Trinajstić information content (AvgIpc) is 2.72. The van der Waals surface area contributed by atoms with Crippen LogP contribution in [0.2, 0.25) is 0 Å². The van der Waals surface area contributed by atoms with Gasteiger partial charge in [-0.3, -0.25) is 0 Å². The lowest BCUT2D eigenvalue weighted by Crippen LogP contribution is -2.41. The van der Waals surface area contributed by atoms with Gasteiger partial charge in [0.2, 0.25) is 0 Å². The maximum atomic E-state index is 12.1. The van der Waals surface area contributed by atoms with E-state index in [-0.39, 0.29) is 6.54 Å². The van der Waals surface area contributed by atoms with Gasteiger partial charge < -0.3 is 19.4 Å². The Morgan fingerprint density at radius 1 is 1.19 bits per heavy atom. The first-order chi connectivity index (χ1) is 12.3. The summed E-state index contributed by atoms with van der Waals surface area (Å²) in [7, 11) is -0.604. The Kier molecular flexibility index (Phi) is 6.02. The summed E-state index contributed by atoms with van der Waals surface area (Å²) in [6.45, 7) is 15.5. The van der Waals surface area contributed by atoms with Gasteiger partial charge in [0, 0.05) is 6.54 Å². The number of carbonyl (C=O) groups excluding carboxylic acids is 1. The number of hydrogen-bond acceptors (Lipinski definition) is 6. The minimum Gasteiger partial charge on any atom is -0.444 e. The van der Waals surface area contributed by atoms with Crippen molar-refractivity contribution in [1.29, 1.82) is 0 Å². The Morgan fingerprint density at radius 3 is 2.26 bits per heavy atom. The molecule has 0 spiro atoms. The van der Waals surface area contributed by atoms with E-state index >= 15 is 0 Å². The van der Waals surface area contributed by atoms with Crippen molar-refractivity contribution < 1.29 is 18.8 Å². The summed E-state index contributed by atoms with van der Waals surface area (Å²) in [4.78, 5) is 12.1. The summed E-state index contributed by atoms with van der Waals surface area (Å²) in [6, 6.07) is 3.74. The molecule has 0 radical (unpaired) electrons. The van der Waals surface area contributed by atoms with E-state index < -0.39 is 30.0 Å². The summed E-state index contributed by atoms with van der Waals surface area (Å²) in [5.41, 5.74) is 0.689. The van der Waals surface area contributed by atoms with Gasteiger partial charge in [-0.1, -0.05) is 0 Å². The lowest BCUT2D eigenvalue weighted by atomic mass is 9.77. The third kappa shape index (κ3) is 5.77. The topological polar surface area (TPSA) is 82.6 Å². The number of amides is 1. The predicted octanol–water partition coefficient (Wildman–Crippen LogP) is 3.32. The molecule has 1 aliphatic heterocycles. The van der Waals surface area contributed by atoms with E-state index in [1.807, 2.05) is 73.6 Å². The number of nitrogens with one attached hydrogen (secondary N) is 1. The smallest absolute Gasteiger partial charge is 0.444 e. The van der Waals surface area contributed by atoms with Crippen LogP contribution >= 0.6 is 0 Å². The molecular weight excluding hydrogens is 345 g/mol. The molecule has 2 heterocycles. The van der Waals surface area contributed by atoms with Crippen molar-refractivity contribution in [2.75, 3.05) is 6.54 Å². The van der Waals surface area contributed by atoms with Crippen LogP contribution in [-0.4, -0.2) is 46.8 Å². The van der Waals surface area contributed by atoms with Crippen LogP contribution in [0, 0.1) is 6.92 Å². The number of ether oxygens (including phenoxy) is 1. The Labute approximate surface area is 162 Å². The SMILES string of the molecule is Cc1ccc(C=C(CNC(=O)OC(C)(C)C)B2OC(C)(C)C(C)(C)O2)nn1. The maximum Gasteiger partial charge on any atom is 0.492 e. The Bertz CT molecular complexity index is 693. The summed E-state index contributed by atoms with van der Waals surface area (Å²) in [6.07, 6.45) is 1.33. The van der Waals surface area contributed by atoms with Crippen molar-refractivity contribution in [3.63, 3.8) is 0 Å². The van der Waals surface area contributed by atoms with E-state index in [1.54, 1.807) is 0 Å². The minimum absolute atomic E-state index is 0.210. The molecule has 0 unspecified atom stereocenters. The fourth-order valence-corrected chi connectivity index (χ4v) is 2.36. The molecule has 0 saturated carbocycles.